The Hall–Kier alpha value is -1.66. The third-order valence-electron chi connectivity index (χ3n) is 15.0. The lowest BCUT2D eigenvalue weighted by atomic mass is 10.0. The fraction of sp³-hybridized carbons (Fsp3) is 0.908. The number of hydrogen-bond acceptors (Lipinski definition) is 5. The van der Waals surface area contributed by atoms with Crippen molar-refractivity contribution in [2.75, 3.05) is 13.2 Å². The predicted octanol–water partition coefficient (Wildman–Crippen LogP) is 20.2. The van der Waals surface area contributed by atoms with Crippen molar-refractivity contribution in [2.24, 2.45) is 0 Å². The zero-order chi connectivity index (χ0) is 51.4. The third-order valence-corrected chi connectivity index (χ3v) is 15.0. The second-order valence-electron chi connectivity index (χ2n) is 22.1. The summed E-state index contributed by atoms with van der Waals surface area (Å²) in [6.07, 6.45) is 75.1. The van der Waals surface area contributed by atoms with E-state index < -0.39 is 12.1 Å². The van der Waals surface area contributed by atoms with E-state index in [1.54, 1.807) is 6.08 Å². The molecule has 0 aliphatic heterocycles. The molecule has 0 saturated carbocycles. The molecule has 0 spiro atoms. The molecule has 2 unspecified atom stereocenters. The van der Waals surface area contributed by atoms with Crippen LogP contribution in [-0.4, -0.2) is 47.4 Å². The SMILES string of the molecule is CCCCCC/C=C\CCCCCCCC(=O)OCCCCCCCCCCCCCCCCCCCCCCCCCC(=O)NC(CO)C(O)/C=C/CCCCCCCCCCCCCCCCCC. The van der Waals surface area contributed by atoms with Crippen LogP contribution in [0.2, 0.25) is 0 Å². The summed E-state index contributed by atoms with van der Waals surface area (Å²) < 4.78 is 5.47. The van der Waals surface area contributed by atoms with Gasteiger partial charge in [0, 0.05) is 12.8 Å². The molecular formula is C65H125NO5. The number of aliphatic hydroxyl groups excluding tert-OH is 2. The Morgan fingerprint density at radius 2 is 0.662 bits per heavy atom. The number of amides is 1. The summed E-state index contributed by atoms with van der Waals surface area (Å²) in [4.78, 5) is 24.5. The first-order valence-corrected chi connectivity index (χ1v) is 32.1. The molecular weight excluding hydrogens is 875 g/mol. The number of nitrogens with one attached hydrogen (secondary N) is 1. The summed E-state index contributed by atoms with van der Waals surface area (Å²) in [7, 11) is 0. The monoisotopic (exact) mass is 1000 g/mol. The predicted molar refractivity (Wildman–Crippen MR) is 310 cm³/mol. The van der Waals surface area contributed by atoms with Gasteiger partial charge in [0.1, 0.15) is 0 Å². The molecule has 420 valence electrons. The highest BCUT2D eigenvalue weighted by molar-refractivity contribution is 5.76. The van der Waals surface area contributed by atoms with Gasteiger partial charge in [0.05, 0.1) is 25.4 Å². The molecule has 0 aromatic carbocycles. The highest BCUT2D eigenvalue weighted by atomic mass is 16.5. The number of hydrogen-bond donors (Lipinski definition) is 3. The lowest BCUT2D eigenvalue weighted by molar-refractivity contribution is -0.143. The molecule has 0 aliphatic carbocycles. The van der Waals surface area contributed by atoms with E-state index in [4.69, 9.17) is 4.74 Å². The average molecular weight is 1000 g/mol. The topological polar surface area (TPSA) is 95.9 Å². The van der Waals surface area contributed by atoms with E-state index >= 15 is 0 Å². The van der Waals surface area contributed by atoms with Gasteiger partial charge in [0.2, 0.25) is 5.91 Å². The number of esters is 1. The van der Waals surface area contributed by atoms with Crippen LogP contribution in [0.5, 0.6) is 0 Å². The molecule has 0 aliphatic rings. The van der Waals surface area contributed by atoms with E-state index in [2.05, 4.69) is 31.3 Å². The van der Waals surface area contributed by atoms with Gasteiger partial charge < -0.3 is 20.3 Å². The van der Waals surface area contributed by atoms with Crippen LogP contribution in [0.15, 0.2) is 24.3 Å². The Labute approximate surface area is 443 Å². The first-order valence-electron chi connectivity index (χ1n) is 32.1. The van der Waals surface area contributed by atoms with Gasteiger partial charge in [-0.3, -0.25) is 9.59 Å². The normalized spacial score (nSPS) is 12.7. The van der Waals surface area contributed by atoms with Gasteiger partial charge >= 0.3 is 5.97 Å². The highest BCUT2D eigenvalue weighted by Crippen LogP contribution is 2.18. The van der Waals surface area contributed by atoms with Crippen molar-refractivity contribution in [3.63, 3.8) is 0 Å². The molecule has 0 bridgehead atoms. The van der Waals surface area contributed by atoms with Gasteiger partial charge in [-0.2, -0.15) is 0 Å². The van der Waals surface area contributed by atoms with Gasteiger partial charge in [-0.15, -0.1) is 0 Å². The molecule has 6 heteroatoms. The maximum atomic E-state index is 12.5. The van der Waals surface area contributed by atoms with Crippen LogP contribution in [0, 0.1) is 0 Å². The number of aliphatic hydroxyl groups is 2. The second-order valence-corrected chi connectivity index (χ2v) is 22.1. The third kappa shape index (κ3) is 57.5. The molecule has 0 heterocycles. The fourth-order valence-electron chi connectivity index (χ4n) is 10.0. The van der Waals surface area contributed by atoms with Crippen molar-refractivity contribution in [1.82, 2.24) is 5.32 Å². The number of allylic oxidation sites excluding steroid dienone is 3. The molecule has 0 rings (SSSR count). The van der Waals surface area contributed by atoms with Crippen molar-refractivity contribution in [3.05, 3.63) is 24.3 Å². The van der Waals surface area contributed by atoms with Gasteiger partial charge in [0.15, 0.2) is 0 Å². The summed E-state index contributed by atoms with van der Waals surface area (Å²) in [5.41, 5.74) is 0. The van der Waals surface area contributed by atoms with E-state index in [1.165, 1.54) is 283 Å². The molecule has 1 amide bonds. The lowest BCUT2D eigenvalue weighted by Crippen LogP contribution is -2.45. The molecule has 2 atom stereocenters. The van der Waals surface area contributed by atoms with E-state index in [0.29, 0.717) is 19.4 Å². The Kier molecular flexibility index (Phi) is 59.5. The molecule has 0 aromatic rings. The van der Waals surface area contributed by atoms with Crippen LogP contribution in [0.25, 0.3) is 0 Å². The van der Waals surface area contributed by atoms with Crippen molar-refractivity contribution in [3.8, 4) is 0 Å². The number of rotatable bonds is 60. The molecule has 0 saturated heterocycles. The summed E-state index contributed by atoms with van der Waals surface area (Å²) in [5.74, 6) is -0.0597. The molecule has 3 N–H and O–H groups in total. The van der Waals surface area contributed by atoms with Crippen LogP contribution in [0.3, 0.4) is 0 Å². The van der Waals surface area contributed by atoms with Crippen LogP contribution < -0.4 is 5.32 Å². The van der Waals surface area contributed by atoms with Crippen molar-refractivity contribution in [1.29, 1.82) is 0 Å². The first-order chi connectivity index (χ1) is 35.0. The van der Waals surface area contributed by atoms with Crippen LogP contribution in [0.1, 0.15) is 354 Å². The molecule has 6 nitrogen and oxygen atoms in total. The molecule has 0 aromatic heterocycles. The number of carbonyl (C=O) groups excluding carboxylic acids is 2. The van der Waals surface area contributed by atoms with Crippen molar-refractivity contribution >= 4 is 11.9 Å². The average Bonchev–Trinajstić information content (AvgIpc) is 3.37. The van der Waals surface area contributed by atoms with E-state index in [9.17, 15) is 19.8 Å². The van der Waals surface area contributed by atoms with Gasteiger partial charge in [-0.25, -0.2) is 0 Å². The lowest BCUT2D eigenvalue weighted by Gasteiger charge is -2.20. The molecule has 0 fully saturated rings. The largest absolute Gasteiger partial charge is 0.466 e. The summed E-state index contributed by atoms with van der Waals surface area (Å²) >= 11 is 0. The summed E-state index contributed by atoms with van der Waals surface area (Å²) in [6.45, 7) is 4.91. The maximum Gasteiger partial charge on any atom is 0.305 e. The Balaban J connectivity index is 3.40. The molecule has 0 radical (unpaired) electrons. The number of carbonyl (C=O) groups is 2. The van der Waals surface area contributed by atoms with E-state index in [0.717, 1.165) is 44.9 Å². The molecule has 71 heavy (non-hydrogen) atoms. The minimum Gasteiger partial charge on any atom is -0.466 e. The van der Waals surface area contributed by atoms with Crippen LogP contribution >= 0.6 is 0 Å². The first kappa shape index (κ1) is 69.3. The van der Waals surface area contributed by atoms with E-state index in [1.807, 2.05) is 6.08 Å². The zero-order valence-electron chi connectivity index (χ0n) is 48.0. The van der Waals surface area contributed by atoms with Gasteiger partial charge in [-0.1, -0.05) is 308 Å². The van der Waals surface area contributed by atoms with Gasteiger partial charge in [-0.05, 0) is 57.8 Å². The minimum atomic E-state index is -0.844. The smallest absolute Gasteiger partial charge is 0.305 e. The number of unbranched alkanes of at least 4 members (excludes halogenated alkanes) is 47. The van der Waals surface area contributed by atoms with Crippen LogP contribution in [-0.2, 0) is 14.3 Å². The Morgan fingerprint density at radius 1 is 0.380 bits per heavy atom. The fourth-order valence-corrected chi connectivity index (χ4v) is 10.0. The highest BCUT2D eigenvalue weighted by Gasteiger charge is 2.18. The standard InChI is InChI=1S/C65H125NO5/c1-3-5-7-9-11-13-15-17-18-19-27-30-34-37-41-45-49-53-57-63(68)62(61-67)66-64(69)58-54-50-46-42-38-35-31-28-25-23-21-20-22-24-26-29-32-36-40-44-48-52-56-60-71-65(70)59-55-51-47-43-39-33-16-14-12-10-8-6-4-2/h14,16,53,57,62-63,67-68H,3-13,15,17-52,54-56,58-61H2,1-2H3,(H,66,69)/b16-14-,57-53+. The van der Waals surface area contributed by atoms with E-state index in [-0.39, 0.29) is 18.5 Å². The quantitative estimate of drug-likeness (QED) is 0.0320. The summed E-state index contributed by atoms with van der Waals surface area (Å²) in [5, 5.41) is 23.2. The number of ether oxygens (including phenoxy) is 1. The minimum absolute atomic E-state index is 0.00504. The van der Waals surface area contributed by atoms with Crippen molar-refractivity contribution < 1.29 is 24.5 Å². The summed E-state index contributed by atoms with van der Waals surface area (Å²) in [6, 6.07) is -0.628. The maximum absolute atomic E-state index is 12.5. The van der Waals surface area contributed by atoms with Crippen molar-refractivity contribution in [2.45, 2.75) is 366 Å². The zero-order valence-corrected chi connectivity index (χ0v) is 48.0. The Morgan fingerprint density at radius 3 is 1.01 bits per heavy atom. The van der Waals surface area contributed by atoms with Crippen LogP contribution in [0.4, 0.5) is 0 Å². The second kappa shape index (κ2) is 60.9. The van der Waals surface area contributed by atoms with Gasteiger partial charge in [0.25, 0.3) is 0 Å². The Bertz CT molecular complexity index is 1110.